The highest BCUT2D eigenvalue weighted by Gasteiger charge is 2.15. The Morgan fingerprint density at radius 3 is 2.52 bits per heavy atom. The van der Waals surface area contributed by atoms with Gasteiger partial charge in [-0.15, -0.1) is 0 Å². The van der Waals surface area contributed by atoms with Crippen LogP contribution in [0.3, 0.4) is 0 Å². The smallest absolute Gasteiger partial charge is 0.224 e. The van der Waals surface area contributed by atoms with Gasteiger partial charge in [0.05, 0.1) is 12.5 Å². The summed E-state index contributed by atoms with van der Waals surface area (Å²) in [7, 11) is 0. The van der Waals surface area contributed by atoms with Gasteiger partial charge in [-0.1, -0.05) is 24.3 Å². The van der Waals surface area contributed by atoms with Gasteiger partial charge in [0.2, 0.25) is 5.91 Å². The van der Waals surface area contributed by atoms with E-state index in [9.17, 15) is 4.79 Å². The van der Waals surface area contributed by atoms with Crippen LogP contribution in [0.5, 0.6) is 0 Å². The number of hydrogen-bond donors (Lipinski definition) is 2. The number of aryl methyl sites for hydroxylation is 2. The third-order valence-electron chi connectivity index (χ3n) is 3.61. The lowest BCUT2D eigenvalue weighted by Gasteiger charge is -2.14. The van der Waals surface area contributed by atoms with Gasteiger partial charge >= 0.3 is 0 Å². The van der Waals surface area contributed by atoms with Crippen molar-refractivity contribution in [2.75, 3.05) is 0 Å². The normalized spacial score (nSPS) is 12.2. The average molecular weight is 286 g/mol. The second-order valence-electron chi connectivity index (χ2n) is 5.31. The first kappa shape index (κ1) is 15.3. The largest absolute Gasteiger partial charge is 0.466 e. The first-order valence-corrected chi connectivity index (χ1v) is 7.14. The molecule has 0 fully saturated rings. The fourth-order valence-electron chi connectivity index (χ4n) is 2.55. The lowest BCUT2D eigenvalue weighted by atomic mass is 10.0. The van der Waals surface area contributed by atoms with Crippen LogP contribution >= 0.6 is 0 Å². The minimum Gasteiger partial charge on any atom is -0.466 e. The second kappa shape index (κ2) is 6.59. The summed E-state index contributed by atoms with van der Waals surface area (Å²) in [4.78, 5) is 12.2. The summed E-state index contributed by atoms with van der Waals surface area (Å²) in [6, 6.07) is 9.65. The molecule has 2 aromatic rings. The topological polar surface area (TPSA) is 68.3 Å². The van der Waals surface area contributed by atoms with E-state index in [1.165, 1.54) is 0 Å². The third kappa shape index (κ3) is 3.73. The second-order valence-corrected chi connectivity index (χ2v) is 5.31. The number of amides is 1. The van der Waals surface area contributed by atoms with Gasteiger partial charge in [-0.2, -0.15) is 0 Å². The maximum absolute atomic E-state index is 12.2. The molecule has 1 aromatic heterocycles. The lowest BCUT2D eigenvalue weighted by molar-refractivity contribution is -0.121. The highest BCUT2D eigenvalue weighted by molar-refractivity contribution is 5.79. The Kier molecular flexibility index (Phi) is 4.81. The van der Waals surface area contributed by atoms with E-state index < -0.39 is 0 Å². The molecular formula is C17H22N2O2. The van der Waals surface area contributed by atoms with E-state index in [4.69, 9.17) is 10.2 Å². The van der Waals surface area contributed by atoms with E-state index in [2.05, 4.69) is 5.32 Å². The number of rotatable bonds is 5. The molecular weight excluding hydrogens is 264 g/mol. The Morgan fingerprint density at radius 1 is 1.29 bits per heavy atom. The molecule has 0 bridgehead atoms. The zero-order chi connectivity index (χ0) is 15.4. The Morgan fingerprint density at radius 2 is 1.95 bits per heavy atom. The lowest BCUT2D eigenvalue weighted by Crippen LogP contribution is -2.28. The number of nitrogens with two attached hydrogens (primary N) is 1. The van der Waals surface area contributed by atoms with E-state index in [0.29, 0.717) is 13.0 Å². The number of furan rings is 1. The molecule has 0 spiro atoms. The van der Waals surface area contributed by atoms with Crippen molar-refractivity contribution in [2.24, 2.45) is 5.73 Å². The molecule has 1 heterocycles. The van der Waals surface area contributed by atoms with Gasteiger partial charge in [-0.25, -0.2) is 0 Å². The summed E-state index contributed by atoms with van der Waals surface area (Å²) in [5.74, 6) is 1.70. The zero-order valence-electron chi connectivity index (χ0n) is 12.8. The molecule has 1 atom stereocenters. The van der Waals surface area contributed by atoms with Crippen molar-refractivity contribution in [1.29, 1.82) is 0 Å². The molecule has 1 aromatic carbocycles. The average Bonchev–Trinajstić information content (AvgIpc) is 2.78. The molecule has 0 saturated carbocycles. The first-order valence-electron chi connectivity index (χ1n) is 7.14. The van der Waals surface area contributed by atoms with Crippen molar-refractivity contribution < 1.29 is 9.21 Å². The van der Waals surface area contributed by atoms with Gasteiger partial charge in [0.15, 0.2) is 0 Å². The van der Waals surface area contributed by atoms with Crippen LogP contribution in [-0.2, 0) is 17.8 Å². The van der Waals surface area contributed by atoms with Gasteiger partial charge in [-0.3, -0.25) is 4.79 Å². The Balaban J connectivity index is 2.03. The van der Waals surface area contributed by atoms with E-state index in [0.717, 1.165) is 28.2 Å². The maximum atomic E-state index is 12.2. The van der Waals surface area contributed by atoms with E-state index in [-0.39, 0.29) is 11.9 Å². The van der Waals surface area contributed by atoms with Crippen LogP contribution in [0.4, 0.5) is 0 Å². The van der Waals surface area contributed by atoms with Crippen molar-refractivity contribution in [3.63, 3.8) is 0 Å². The van der Waals surface area contributed by atoms with Gasteiger partial charge in [0.1, 0.15) is 11.5 Å². The molecule has 21 heavy (non-hydrogen) atoms. The van der Waals surface area contributed by atoms with Crippen LogP contribution in [0, 0.1) is 13.8 Å². The van der Waals surface area contributed by atoms with Crippen molar-refractivity contribution in [3.05, 3.63) is 58.5 Å². The molecule has 112 valence electrons. The van der Waals surface area contributed by atoms with Gasteiger partial charge in [0, 0.05) is 12.1 Å². The summed E-state index contributed by atoms with van der Waals surface area (Å²) in [5, 5.41) is 3.01. The Labute approximate surface area is 125 Å². The highest BCUT2D eigenvalue weighted by atomic mass is 16.3. The molecule has 4 heteroatoms. The van der Waals surface area contributed by atoms with Crippen LogP contribution in [-0.4, -0.2) is 5.91 Å². The number of hydrogen-bond acceptors (Lipinski definition) is 3. The zero-order valence-corrected chi connectivity index (χ0v) is 12.8. The molecule has 0 aliphatic carbocycles. The minimum atomic E-state index is -0.0695. The van der Waals surface area contributed by atoms with Gasteiger partial charge in [-0.05, 0) is 38.0 Å². The first-order chi connectivity index (χ1) is 10.0. The fraction of sp³-hybridized carbons (Fsp3) is 0.353. The molecule has 0 radical (unpaired) electrons. The number of benzene rings is 1. The van der Waals surface area contributed by atoms with Crippen molar-refractivity contribution in [1.82, 2.24) is 5.32 Å². The summed E-state index contributed by atoms with van der Waals surface area (Å²) in [5.41, 5.74) is 8.70. The monoisotopic (exact) mass is 286 g/mol. The fourth-order valence-corrected chi connectivity index (χ4v) is 2.55. The minimum absolute atomic E-state index is 0.0124. The quantitative estimate of drug-likeness (QED) is 0.888. The van der Waals surface area contributed by atoms with Crippen LogP contribution in [0.25, 0.3) is 0 Å². The van der Waals surface area contributed by atoms with Crippen LogP contribution in [0.15, 0.2) is 34.7 Å². The number of nitrogens with one attached hydrogen (secondary N) is 1. The van der Waals surface area contributed by atoms with Crippen LogP contribution < -0.4 is 11.1 Å². The number of carbonyl (C=O) groups is 1. The van der Waals surface area contributed by atoms with Gasteiger partial charge in [0.25, 0.3) is 0 Å². The molecule has 4 nitrogen and oxygen atoms in total. The van der Waals surface area contributed by atoms with Crippen molar-refractivity contribution in [3.8, 4) is 0 Å². The third-order valence-corrected chi connectivity index (χ3v) is 3.61. The molecule has 3 N–H and O–H groups in total. The van der Waals surface area contributed by atoms with Crippen molar-refractivity contribution >= 4 is 5.91 Å². The molecule has 0 aliphatic heterocycles. The Hall–Kier alpha value is -2.07. The maximum Gasteiger partial charge on any atom is 0.224 e. The van der Waals surface area contributed by atoms with E-state index >= 15 is 0 Å². The van der Waals surface area contributed by atoms with Crippen molar-refractivity contribution in [2.45, 2.75) is 39.8 Å². The van der Waals surface area contributed by atoms with Gasteiger partial charge < -0.3 is 15.5 Å². The van der Waals surface area contributed by atoms with E-state index in [1.807, 2.05) is 51.1 Å². The van der Waals surface area contributed by atoms with E-state index in [1.54, 1.807) is 0 Å². The molecule has 1 amide bonds. The summed E-state index contributed by atoms with van der Waals surface area (Å²) < 4.78 is 5.50. The SMILES string of the molecule is Cc1cc(C(C)NC(=O)Cc2ccccc2CN)c(C)o1. The molecule has 0 aliphatic rings. The Bertz CT molecular complexity index is 631. The standard InChI is InChI=1S/C17H22N2O2/c1-11-8-16(13(3)21-11)12(2)19-17(20)9-14-6-4-5-7-15(14)10-18/h4-8,12H,9-10,18H2,1-3H3,(H,19,20). The van der Waals surface area contributed by atoms with Crippen LogP contribution in [0.2, 0.25) is 0 Å². The van der Waals surface area contributed by atoms with Crippen LogP contribution in [0.1, 0.15) is 41.2 Å². The molecule has 2 rings (SSSR count). The number of carbonyl (C=O) groups excluding carboxylic acids is 1. The highest BCUT2D eigenvalue weighted by Crippen LogP contribution is 2.21. The predicted octanol–water partition coefficient (Wildman–Crippen LogP) is 2.78. The summed E-state index contributed by atoms with van der Waals surface area (Å²) >= 11 is 0. The molecule has 1 unspecified atom stereocenters. The summed E-state index contributed by atoms with van der Waals surface area (Å²) in [6.07, 6.45) is 0.341. The summed E-state index contributed by atoms with van der Waals surface area (Å²) in [6.45, 7) is 6.22. The molecule has 0 saturated heterocycles. The predicted molar refractivity (Wildman–Crippen MR) is 82.8 cm³/mol.